The summed E-state index contributed by atoms with van der Waals surface area (Å²) in [6, 6.07) is 0. The molecule has 312 valence electrons. The Morgan fingerprint density at radius 1 is 0.932 bits per heavy atom. The van der Waals surface area contributed by atoms with Crippen LogP contribution in [0.2, 0.25) is 0 Å². The zero-order valence-corrected chi connectivity index (χ0v) is 34.5. The molecule has 2 aromatic heterocycles. The number of H-pyrrole nitrogens is 2. The van der Waals surface area contributed by atoms with Gasteiger partial charge in [0.15, 0.2) is 0 Å². The first-order valence-corrected chi connectivity index (χ1v) is 19.1. The number of aliphatic imine (C=N–C) groups is 2. The van der Waals surface area contributed by atoms with E-state index in [1.807, 2.05) is 45.9 Å². The van der Waals surface area contributed by atoms with Crippen molar-refractivity contribution in [1.29, 1.82) is 0 Å². The van der Waals surface area contributed by atoms with Gasteiger partial charge in [-0.05, 0) is 97.4 Å². The monoisotopic (exact) mass is 808 g/mol. The van der Waals surface area contributed by atoms with Crippen LogP contribution in [0.15, 0.2) is 87.8 Å². The molecular formula is C45H52N4O10. The Morgan fingerprint density at radius 3 is 2.32 bits per heavy atom. The van der Waals surface area contributed by atoms with E-state index in [-0.39, 0.29) is 50.6 Å². The lowest BCUT2D eigenvalue weighted by molar-refractivity contribution is -0.266. The standard InChI is InChI=1S/C45H52N4O10/c1-10-29-24-46-35(26(29)4)21-39-33-14-12-31(43(53)55-8)42(44(54)56-9)45(33,7)40(49-39)23-36-28(6)32(20-25(3)59-58-19-17-51)38(48-36)22-37-30(27(5)34(11-2)47-37)13-15-41(52)57-18-16-50/h10-12,14,21-23,42,47-48,50-51H,1-3,13,15-20,24H2,4-9H3/b36-23-,38-22-,39-21-/t42-,45+/m0/s1. The minimum Gasteiger partial charge on any atom is -0.469 e. The number of ether oxygens (including phenoxy) is 3. The maximum absolute atomic E-state index is 13.8. The molecule has 2 aromatic rings. The number of aromatic amines is 2. The van der Waals surface area contributed by atoms with Gasteiger partial charge in [-0.25, -0.2) is 4.79 Å². The number of esters is 3. The lowest BCUT2D eigenvalue weighted by Gasteiger charge is -2.37. The summed E-state index contributed by atoms with van der Waals surface area (Å²) >= 11 is 0. The second-order valence-corrected chi connectivity index (χ2v) is 14.3. The van der Waals surface area contributed by atoms with Gasteiger partial charge in [0.2, 0.25) is 0 Å². The van der Waals surface area contributed by atoms with Crippen LogP contribution in [0.4, 0.5) is 0 Å². The molecule has 59 heavy (non-hydrogen) atoms. The number of methoxy groups -OCH3 is 2. The molecular weight excluding hydrogens is 757 g/mol. The lowest BCUT2D eigenvalue weighted by atomic mass is 9.63. The molecule has 0 bridgehead atoms. The van der Waals surface area contributed by atoms with Crippen molar-refractivity contribution in [3.63, 3.8) is 0 Å². The van der Waals surface area contributed by atoms with Crippen LogP contribution >= 0.6 is 0 Å². The molecule has 4 N–H and O–H groups in total. The Morgan fingerprint density at radius 2 is 1.68 bits per heavy atom. The molecule has 3 aliphatic rings. The third-order valence-electron chi connectivity index (χ3n) is 10.9. The minimum atomic E-state index is -1.20. The van der Waals surface area contributed by atoms with Gasteiger partial charge in [-0.2, -0.15) is 4.89 Å². The van der Waals surface area contributed by atoms with E-state index in [2.05, 4.69) is 29.7 Å². The molecule has 0 unspecified atom stereocenters. The predicted octanol–water partition coefficient (Wildman–Crippen LogP) is 3.81. The Kier molecular flexibility index (Phi) is 14.3. The number of carbonyl (C=O) groups is 3. The van der Waals surface area contributed by atoms with Crippen LogP contribution in [-0.2, 0) is 51.2 Å². The fraction of sp³-hybridized carbons (Fsp3) is 0.356. The maximum atomic E-state index is 13.8. The number of rotatable bonds is 18. The molecule has 14 nitrogen and oxygen atoms in total. The third kappa shape index (κ3) is 8.99. The van der Waals surface area contributed by atoms with Crippen molar-refractivity contribution in [2.75, 3.05) is 47.2 Å². The summed E-state index contributed by atoms with van der Waals surface area (Å²) in [5.74, 6) is -2.58. The first-order chi connectivity index (χ1) is 28.3. The molecule has 0 spiro atoms. The number of aromatic nitrogens is 2. The molecule has 0 amide bonds. The van der Waals surface area contributed by atoms with E-state index in [0.717, 1.165) is 50.5 Å². The Hall–Kier alpha value is -6.09. The first-order valence-electron chi connectivity index (χ1n) is 19.1. The lowest BCUT2D eigenvalue weighted by Crippen LogP contribution is -2.44. The average Bonchev–Trinajstić information content (AvgIpc) is 3.91. The minimum absolute atomic E-state index is 0.0521. The van der Waals surface area contributed by atoms with E-state index < -0.39 is 29.2 Å². The summed E-state index contributed by atoms with van der Waals surface area (Å²) in [4.78, 5) is 66.8. The van der Waals surface area contributed by atoms with Crippen molar-refractivity contribution in [3.8, 4) is 0 Å². The summed E-state index contributed by atoms with van der Waals surface area (Å²) in [7, 11) is 2.54. The number of hydrogen-bond acceptors (Lipinski definition) is 12. The number of carbonyl (C=O) groups excluding carboxylic acids is 3. The van der Waals surface area contributed by atoms with E-state index >= 15 is 0 Å². The molecule has 0 saturated carbocycles. The summed E-state index contributed by atoms with van der Waals surface area (Å²) in [5, 5.41) is 19.6. The number of nitrogens with zero attached hydrogens (tertiary/aromatic N) is 2. The van der Waals surface area contributed by atoms with Crippen LogP contribution in [0.3, 0.4) is 0 Å². The third-order valence-corrected chi connectivity index (χ3v) is 10.9. The van der Waals surface area contributed by atoms with Crippen molar-refractivity contribution in [1.82, 2.24) is 9.97 Å². The number of hydrogen-bond donors (Lipinski definition) is 4. The largest absolute Gasteiger partial charge is 0.469 e. The molecule has 2 aliphatic heterocycles. The fourth-order valence-electron chi connectivity index (χ4n) is 7.63. The van der Waals surface area contributed by atoms with Crippen molar-refractivity contribution >= 4 is 47.6 Å². The highest BCUT2D eigenvalue weighted by atomic mass is 17.2. The van der Waals surface area contributed by atoms with Crippen LogP contribution in [0.25, 0.3) is 18.2 Å². The van der Waals surface area contributed by atoms with Crippen LogP contribution in [-0.4, -0.2) is 96.7 Å². The molecule has 0 fully saturated rings. The molecule has 14 heteroatoms. The van der Waals surface area contributed by atoms with Gasteiger partial charge in [0, 0.05) is 34.9 Å². The van der Waals surface area contributed by atoms with E-state index in [1.54, 1.807) is 24.3 Å². The van der Waals surface area contributed by atoms with Gasteiger partial charge in [-0.15, -0.1) is 0 Å². The quantitative estimate of drug-likeness (QED) is 0.0430. The number of aliphatic hydroxyl groups excluding tert-OH is 2. The zero-order valence-electron chi connectivity index (χ0n) is 34.5. The molecule has 2 atom stereocenters. The summed E-state index contributed by atoms with van der Waals surface area (Å²) < 4.78 is 15.6. The Labute approximate surface area is 343 Å². The van der Waals surface area contributed by atoms with Gasteiger partial charge < -0.3 is 39.3 Å². The number of allylic oxidation sites excluding steroid dienone is 6. The number of fused-ring (bicyclic) bond motifs is 1. The smallest absolute Gasteiger partial charge is 0.334 e. The van der Waals surface area contributed by atoms with Gasteiger partial charge in [-0.1, -0.05) is 38.0 Å². The molecule has 0 aromatic carbocycles. The van der Waals surface area contributed by atoms with E-state index in [4.69, 9.17) is 39.1 Å². The van der Waals surface area contributed by atoms with Gasteiger partial charge in [0.05, 0.1) is 62.1 Å². The zero-order chi connectivity index (χ0) is 43.0. The van der Waals surface area contributed by atoms with Crippen molar-refractivity contribution in [2.24, 2.45) is 21.3 Å². The maximum Gasteiger partial charge on any atom is 0.334 e. The predicted molar refractivity (Wildman–Crippen MR) is 224 cm³/mol. The van der Waals surface area contributed by atoms with Gasteiger partial charge >= 0.3 is 17.9 Å². The number of nitrogens with one attached hydrogen (secondary N) is 2. The second kappa shape index (κ2) is 19.1. The average molecular weight is 809 g/mol. The van der Waals surface area contributed by atoms with Crippen molar-refractivity contribution in [2.45, 2.75) is 47.0 Å². The highest BCUT2D eigenvalue weighted by Crippen LogP contribution is 2.52. The van der Waals surface area contributed by atoms with E-state index in [9.17, 15) is 19.5 Å². The van der Waals surface area contributed by atoms with Crippen molar-refractivity contribution in [3.05, 3.63) is 122 Å². The summed E-state index contributed by atoms with van der Waals surface area (Å²) in [5.41, 5.74) is 8.20. The first kappa shape index (κ1) is 44.0. The molecule has 0 saturated heterocycles. The normalized spacial score (nSPS) is 19.9. The van der Waals surface area contributed by atoms with Crippen LogP contribution in [0, 0.1) is 25.2 Å². The SMILES string of the molecule is C=CC1=C(C)C(/C=C2N=C(/C=c3\[nH]/c(=C\c4[nH]c(C=C)c(C)c4CCC(=O)OCCO)c(CC(=C)OOCCO)c3C)[C@@]3(C)C\2=CC=C(C(=O)OC)[C@H]3C(=O)OC)=NC1. The topological polar surface area (TPSA) is 194 Å². The Balaban J connectivity index is 1.75. The highest BCUT2D eigenvalue weighted by Gasteiger charge is 2.54. The second-order valence-electron chi connectivity index (χ2n) is 14.3. The van der Waals surface area contributed by atoms with Gasteiger partial charge in [0.1, 0.15) is 24.9 Å². The fourth-order valence-corrected chi connectivity index (χ4v) is 7.63. The Bertz CT molecular complexity index is 2380. The summed E-state index contributed by atoms with van der Waals surface area (Å²) in [6.07, 6.45) is 13.2. The number of aliphatic hydroxyl groups is 2. The highest BCUT2D eigenvalue weighted by molar-refractivity contribution is 6.22. The van der Waals surface area contributed by atoms with E-state index in [0.29, 0.717) is 40.6 Å². The van der Waals surface area contributed by atoms with Gasteiger partial charge in [0.25, 0.3) is 0 Å². The van der Waals surface area contributed by atoms with Crippen molar-refractivity contribution < 1.29 is 48.6 Å². The molecule has 5 rings (SSSR count). The van der Waals surface area contributed by atoms with Crippen LogP contribution < -0.4 is 10.7 Å². The summed E-state index contributed by atoms with van der Waals surface area (Å²) in [6.45, 7) is 19.4. The molecule has 1 aliphatic carbocycles. The van der Waals surface area contributed by atoms with E-state index in [1.165, 1.54) is 14.2 Å². The molecule has 0 radical (unpaired) electrons. The molecule has 4 heterocycles. The van der Waals surface area contributed by atoms with Crippen LogP contribution in [0.1, 0.15) is 53.9 Å². The van der Waals surface area contributed by atoms with Crippen LogP contribution in [0.5, 0.6) is 0 Å². The van der Waals surface area contributed by atoms with Gasteiger partial charge in [-0.3, -0.25) is 19.6 Å².